The number of hydrogen-bond donors (Lipinski definition) is 2. The molecule has 1 aromatic rings. The molecule has 0 aliphatic carbocycles. The number of methoxy groups -OCH3 is 1. The van der Waals surface area contributed by atoms with Crippen LogP contribution in [0.4, 0.5) is 4.79 Å². The number of alkyl carbamates (subject to hydrolysis) is 1. The van der Waals surface area contributed by atoms with Gasteiger partial charge in [0.1, 0.15) is 11.6 Å². The fourth-order valence-corrected chi connectivity index (χ4v) is 2.43. The minimum atomic E-state index is -1.02. The summed E-state index contributed by atoms with van der Waals surface area (Å²) in [6.45, 7) is 8.68. The standard InChI is InChI=1S/C18H25NO6/c1-10-7-12(15(20)21)8-11(2)13(10)9-14(16(22)24-6)19-17(23)25-18(3,4)5/h7-8,14H,9H2,1-6H3,(H,19,23)(H,20,21). The second kappa shape index (κ2) is 8.00. The van der Waals surface area contributed by atoms with Crippen molar-refractivity contribution in [2.24, 2.45) is 0 Å². The van der Waals surface area contributed by atoms with Crippen molar-refractivity contribution in [1.29, 1.82) is 0 Å². The third kappa shape index (κ3) is 6.10. The van der Waals surface area contributed by atoms with E-state index in [1.165, 1.54) is 19.2 Å². The number of carbonyl (C=O) groups excluding carboxylic acids is 2. The molecule has 7 nitrogen and oxygen atoms in total. The Bertz CT molecular complexity index is 652. The quantitative estimate of drug-likeness (QED) is 0.791. The third-order valence-electron chi connectivity index (χ3n) is 3.53. The van der Waals surface area contributed by atoms with E-state index >= 15 is 0 Å². The number of esters is 1. The minimum Gasteiger partial charge on any atom is -0.478 e. The first-order valence-corrected chi connectivity index (χ1v) is 7.85. The SMILES string of the molecule is COC(=O)C(Cc1c(C)cc(C(=O)O)cc1C)NC(=O)OC(C)(C)C. The van der Waals surface area contributed by atoms with E-state index in [9.17, 15) is 14.4 Å². The summed E-state index contributed by atoms with van der Waals surface area (Å²) in [4.78, 5) is 35.1. The third-order valence-corrected chi connectivity index (χ3v) is 3.53. The number of ether oxygens (including phenoxy) is 2. The Hall–Kier alpha value is -2.57. The van der Waals surface area contributed by atoms with Gasteiger partial charge >= 0.3 is 18.0 Å². The van der Waals surface area contributed by atoms with E-state index < -0.39 is 29.7 Å². The highest BCUT2D eigenvalue weighted by Crippen LogP contribution is 2.19. The summed E-state index contributed by atoms with van der Waals surface area (Å²) >= 11 is 0. The molecule has 2 N–H and O–H groups in total. The van der Waals surface area contributed by atoms with Crippen LogP contribution in [-0.4, -0.2) is 41.9 Å². The summed E-state index contributed by atoms with van der Waals surface area (Å²) in [5.74, 6) is -1.62. The van der Waals surface area contributed by atoms with Gasteiger partial charge in [0.05, 0.1) is 12.7 Å². The lowest BCUT2D eigenvalue weighted by Gasteiger charge is -2.23. The molecule has 0 spiro atoms. The number of carbonyl (C=O) groups is 3. The Morgan fingerprint density at radius 1 is 1.16 bits per heavy atom. The van der Waals surface area contributed by atoms with Crippen molar-refractivity contribution in [3.63, 3.8) is 0 Å². The van der Waals surface area contributed by atoms with Gasteiger partial charge in [0.25, 0.3) is 0 Å². The van der Waals surface area contributed by atoms with E-state index in [0.29, 0.717) is 0 Å². The van der Waals surface area contributed by atoms with Gasteiger partial charge < -0.3 is 19.9 Å². The lowest BCUT2D eigenvalue weighted by molar-refractivity contribution is -0.143. The molecule has 0 bridgehead atoms. The molecule has 0 aliphatic heterocycles. The number of carboxylic acids is 1. The van der Waals surface area contributed by atoms with E-state index in [1.807, 2.05) is 0 Å². The zero-order valence-electron chi connectivity index (χ0n) is 15.4. The predicted octanol–water partition coefficient (Wildman–Crippen LogP) is 2.61. The van der Waals surface area contributed by atoms with Gasteiger partial charge in [-0.25, -0.2) is 14.4 Å². The van der Waals surface area contributed by atoms with Crippen LogP contribution >= 0.6 is 0 Å². The fourth-order valence-electron chi connectivity index (χ4n) is 2.43. The van der Waals surface area contributed by atoms with E-state index in [4.69, 9.17) is 14.6 Å². The molecule has 0 saturated heterocycles. The van der Waals surface area contributed by atoms with Crippen LogP contribution in [0.3, 0.4) is 0 Å². The summed E-state index contributed by atoms with van der Waals surface area (Å²) in [6.07, 6.45) is -0.552. The molecule has 1 aromatic carbocycles. The van der Waals surface area contributed by atoms with Crippen molar-refractivity contribution < 1.29 is 29.0 Å². The summed E-state index contributed by atoms with van der Waals surface area (Å²) in [5.41, 5.74) is 1.69. The fraction of sp³-hybridized carbons (Fsp3) is 0.500. The lowest BCUT2D eigenvalue weighted by Crippen LogP contribution is -2.45. The average molecular weight is 351 g/mol. The Balaban J connectivity index is 3.05. The van der Waals surface area contributed by atoms with Crippen molar-refractivity contribution in [3.05, 3.63) is 34.4 Å². The monoisotopic (exact) mass is 351 g/mol. The van der Waals surface area contributed by atoms with Crippen molar-refractivity contribution in [3.8, 4) is 0 Å². The average Bonchev–Trinajstić information content (AvgIpc) is 2.46. The van der Waals surface area contributed by atoms with E-state index in [1.54, 1.807) is 34.6 Å². The molecule has 1 rings (SSSR count). The number of carboxylic acid groups (broad SMARTS) is 1. The molecule has 0 saturated carbocycles. The first kappa shape index (κ1) is 20.5. The van der Waals surface area contributed by atoms with Gasteiger partial charge in [-0.15, -0.1) is 0 Å². The van der Waals surface area contributed by atoms with Crippen LogP contribution in [0.5, 0.6) is 0 Å². The summed E-state index contributed by atoms with van der Waals surface area (Å²) < 4.78 is 9.93. The van der Waals surface area contributed by atoms with Crippen LogP contribution in [0.2, 0.25) is 0 Å². The zero-order chi connectivity index (χ0) is 19.4. The molecule has 1 atom stereocenters. The molecule has 0 aliphatic rings. The molecule has 1 unspecified atom stereocenters. The van der Waals surface area contributed by atoms with Crippen molar-refractivity contribution in [2.45, 2.75) is 52.7 Å². The molecule has 25 heavy (non-hydrogen) atoms. The lowest BCUT2D eigenvalue weighted by atomic mass is 9.94. The highest BCUT2D eigenvalue weighted by atomic mass is 16.6. The second-order valence-corrected chi connectivity index (χ2v) is 6.82. The summed E-state index contributed by atoms with van der Waals surface area (Å²) in [7, 11) is 1.24. The number of rotatable bonds is 5. The molecule has 138 valence electrons. The van der Waals surface area contributed by atoms with Gasteiger partial charge in [-0.2, -0.15) is 0 Å². The molecule has 0 fully saturated rings. The number of aryl methyl sites for hydroxylation is 2. The maximum atomic E-state index is 12.0. The smallest absolute Gasteiger partial charge is 0.408 e. The highest BCUT2D eigenvalue weighted by molar-refractivity contribution is 5.88. The van der Waals surface area contributed by atoms with E-state index in [-0.39, 0.29) is 12.0 Å². The number of amides is 1. The molecule has 7 heteroatoms. The number of benzene rings is 1. The maximum absolute atomic E-state index is 12.0. The molecule has 1 amide bonds. The Kier molecular flexibility index (Phi) is 6.55. The van der Waals surface area contributed by atoms with Crippen molar-refractivity contribution >= 4 is 18.0 Å². The molecular weight excluding hydrogens is 326 g/mol. The van der Waals surface area contributed by atoms with Gasteiger partial charge in [-0.1, -0.05) is 0 Å². The number of aromatic carboxylic acids is 1. The minimum absolute atomic E-state index is 0.170. The van der Waals surface area contributed by atoms with Gasteiger partial charge in [-0.3, -0.25) is 0 Å². The van der Waals surface area contributed by atoms with Crippen LogP contribution in [0.1, 0.15) is 47.8 Å². The van der Waals surface area contributed by atoms with Gasteiger partial charge in [0.2, 0.25) is 0 Å². The van der Waals surface area contributed by atoms with Gasteiger partial charge in [0, 0.05) is 6.42 Å². The Labute approximate surface area is 147 Å². The highest BCUT2D eigenvalue weighted by Gasteiger charge is 2.26. The zero-order valence-corrected chi connectivity index (χ0v) is 15.4. The largest absolute Gasteiger partial charge is 0.478 e. The Morgan fingerprint density at radius 3 is 2.08 bits per heavy atom. The summed E-state index contributed by atoms with van der Waals surface area (Å²) in [5, 5.41) is 11.6. The van der Waals surface area contributed by atoms with Crippen LogP contribution in [-0.2, 0) is 20.7 Å². The summed E-state index contributed by atoms with van der Waals surface area (Å²) in [6, 6.07) is 2.13. The second-order valence-electron chi connectivity index (χ2n) is 6.82. The van der Waals surface area contributed by atoms with Crippen molar-refractivity contribution in [1.82, 2.24) is 5.32 Å². The first-order chi connectivity index (χ1) is 11.4. The van der Waals surface area contributed by atoms with Gasteiger partial charge in [0.15, 0.2) is 0 Å². The molecule has 0 radical (unpaired) electrons. The van der Waals surface area contributed by atoms with E-state index in [0.717, 1.165) is 16.7 Å². The predicted molar refractivity (Wildman–Crippen MR) is 91.8 cm³/mol. The van der Waals surface area contributed by atoms with Crippen LogP contribution in [0, 0.1) is 13.8 Å². The topological polar surface area (TPSA) is 102 Å². The molecule has 0 heterocycles. The van der Waals surface area contributed by atoms with E-state index in [2.05, 4.69) is 5.32 Å². The maximum Gasteiger partial charge on any atom is 0.408 e. The van der Waals surface area contributed by atoms with Crippen LogP contribution in [0.15, 0.2) is 12.1 Å². The number of nitrogens with one attached hydrogen (secondary N) is 1. The van der Waals surface area contributed by atoms with Crippen molar-refractivity contribution in [2.75, 3.05) is 7.11 Å². The van der Waals surface area contributed by atoms with Crippen LogP contribution in [0.25, 0.3) is 0 Å². The first-order valence-electron chi connectivity index (χ1n) is 7.85. The molecule has 0 aromatic heterocycles. The van der Waals surface area contributed by atoms with Crippen LogP contribution < -0.4 is 5.32 Å². The normalized spacial score (nSPS) is 12.2. The number of hydrogen-bond acceptors (Lipinski definition) is 5. The molecular formula is C18H25NO6. The van der Waals surface area contributed by atoms with Gasteiger partial charge in [-0.05, 0) is 63.4 Å². The Morgan fingerprint density at radius 2 is 1.68 bits per heavy atom.